The lowest BCUT2D eigenvalue weighted by atomic mass is 10.1. The number of hydrogen-bond acceptors (Lipinski definition) is 2. The molecule has 0 radical (unpaired) electrons. The molecular formula is C13H18ClNO2S. The molecule has 0 bridgehead atoms. The molecule has 0 aliphatic carbocycles. The van der Waals surface area contributed by atoms with Gasteiger partial charge < -0.3 is 0 Å². The zero-order valence-corrected chi connectivity index (χ0v) is 12.2. The van der Waals surface area contributed by atoms with Crippen molar-refractivity contribution in [2.24, 2.45) is 5.92 Å². The van der Waals surface area contributed by atoms with Crippen molar-refractivity contribution in [1.29, 1.82) is 0 Å². The fourth-order valence-corrected chi connectivity index (χ4v) is 4.99. The molecule has 18 heavy (non-hydrogen) atoms. The molecule has 3 nitrogen and oxygen atoms in total. The van der Waals surface area contributed by atoms with Crippen molar-refractivity contribution in [3.8, 4) is 0 Å². The van der Waals surface area contributed by atoms with E-state index in [1.807, 2.05) is 19.1 Å². The van der Waals surface area contributed by atoms with Crippen LogP contribution >= 0.6 is 11.6 Å². The van der Waals surface area contributed by atoms with Crippen molar-refractivity contribution in [1.82, 2.24) is 4.31 Å². The highest BCUT2D eigenvalue weighted by atomic mass is 35.5. The number of aryl methyl sites for hydroxylation is 1. The standard InChI is InChI=1S/C13H18ClNO2S/c1-10-7-8-15(12(10)9-14)18(16,17)13-6-4-3-5-11(13)2/h3-6,10,12H,7-9H2,1-2H3. The van der Waals surface area contributed by atoms with E-state index in [4.69, 9.17) is 11.6 Å². The Morgan fingerprint density at radius 2 is 2.06 bits per heavy atom. The second kappa shape index (κ2) is 5.19. The highest BCUT2D eigenvalue weighted by Crippen LogP contribution is 2.31. The van der Waals surface area contributed by atoms with Crippen LogP contribution in [0.4, 0.5) is 0 Å². The third kappa shape index (κ3) is 2.29. The van der Waals surface area contributed by atoms with Gasteiger partial charge in [0.25, 0.3) is 0 Å². The molecule has 1 aromatic rings. The maximum atomic E-state index is 12.6. The Kier molecular flexibility index (Phi) is 3.99. The molecule has 1 aromatic carbocycles. The first-order valence-corrected chi connectivity index (χ1v) is 8.09. The fraction of sp³-hybridized carbons (Fsp3) is 0.538. The summed E-state index contributed by atoms with van der Waals surface area (Å²) in [4.78, 5) is 0.397. The molecule has 0 N–H and O–H groups in total. The van der Waals surface area contributed by atoms with Gasteiger partial charge in [-0.25, -0.2) is 8.42 Å². The second-order valence-electron chi connectivity index (χ2n) is 4.87. The van der Waals surface area contributed by atoms with Crippen molar-refractivity contribution >= 4 is 21.6 Å². The summed E-state index contributed by atoms with van der Waals surface area (Å²) in [5, 5.41) is 0. The van der Waals surface area contributed by atoms with Gasteiger partial charge in [-0.2, -0.15) is 4.31 Å². The van der Waals surface area contributed by atoms with Crippen LogP contribution in [-0.4, -0.2) is 31.2 Å². The highest BCUT2D eigenvalue weighted by Gasteiger charge is 2.39. The quantitative estimate of drug-likeness (QED) is 0.802. The van der Waals surface area contributed by atoms with Crippen molar-refractivity contribution in [3.63, 3.8) is 0 Å². The van der Waals surface area contributed by atoms with Gasteiger partial charge in [0, 0.05) is 18.5 Å². The Balaban J connectivity index is 2.41. The Hall–Kier alpha value is -0.580. The van der Waals surface area contributed by atoms with E-state index in [2.05, 4.69) is 6.92 Å². The Morgan fingerprint density at radius 3 is 2.67 bits per heavy atom. The summed E-state index contributed by atoms with van der Waals surface area (Å²) in [6.07, 6.45) is 0.877. The molecule has 1 fully saturated rings. The smallest absolute Gasteiger partial charge is 0.207 e. The molecule has 1 heterocycles. The van der Waals surface area contributed by atoms with Crippen LogP contribution in [0.5, 0.6) is 0 Å². The lowest BCUT2D eigenvalue weighted by Gasteiger charge is -2.25. The summed E-state index contributed by atoms with van der Waals surface area (Å²) in [7, 11) is -3.41. The maximum Gasteiger partial charge on any atom is 0.243 e. The van der Waals surface area contributed by atoms with E-state index in [0.29, 0.717) is 23.2 Å². The van der Waals surface area contributed by atoms with Crippen molar-refractivity contribution in [2.75, 3.05) is 12.4 Å². The molecule has 5 heteroatoms. The number of benzene rings is 1. The molecule has 1 aliphatic rings. The summed E-state index contributed by atoms with van der Waals surface area (Å²) >= 11 is 5.92. The van der Waals surface area contributed by atoms with Gasteiger partial charge in [0.2, 0.25) is 10.0 Å². The van der Waals surface area contributed by atoms with Gasteiger partial charge in [-0.05, 0) is 30.9 Å². The van der Waals surface area contributed by atoms with Gasteiger partial charge in [-0.1, -0.05) is 25.1 Å². The Bertz CT molecular complexity index is 530. The van der Waals surface area contributed by atoms with Crippen LogP contribution in [0.3, 0.4) is 0 Å². The summed E-state index contributed by atoms with van der Waals surface area (Å²) in [6, 6.07) is 7.01. The molecular weight excluding hydrogens is 270 g/mol. The number of halogens is 1. The predicted molar refractivity (Wildman–Crippen MR) is 73.4 cm³/mol. The van der Waals surface area contributed by atoms with Crippen molar-refractivity contribution < 1.29 is 8.42 Å². The van der Waals surface area contributed by atoms with E-state index < -0.39 is 10.0 Å². The topological polar surface area (TPSA) is 37.4 Å². The summed E-state index contributed by atoms with van der Waals surface area (Å²) in [5.41, 5.74) is 0.783. The van der Waals surface area contributed by atoms with E-state index in [0.717, 1.165) is 12.0 Å². The molecule has 0 aromatic heterocycles. The minimum Gasteiger partial charge on any atom is -0.207 e. The van der Waals surface area contributed by atoms with Crippen LogP contribution in [0.1, 0.15) is 18.9 Å². The molecule has 2 rings (SSSR count). The largest absolute Gasteiger partial charge is 0.243 e. The molecule has 2 unspecified atom stereocenters. The zero-order valence-electron chi connectivity index (χ0n) is 10.6. The first kappa shape index (κ1) is 13.8. The van der Waals surface area contributed by atoms with Crippen LogP contribution < -0.4 is 0 Å². The van der Waals surface area contributed by atoms with Gasteiger partial charge in [0.1, 0.15) is 0 Å². The van der Waals surface area contributed by atoms with E-state index in [1.165, 1.54) is 0 Å². The predicted octanol–water partition coefficient (Wildman–Crippen LogP) is 2.63. The number of hydrogen-bond donors (Lipinski definition) is 0. The SMILES string of the molecule is Cc1ccccc1S(=O)(=O)N1CCC(C)C1CCl. The molecule has 1 aliphatic heterocycles. The molecule has 1 saturated heterocycles. The normalized spacial score (nSPS) is 25.5. The van der Waals surface area contributed by atoms with Gasteiger partial charge in [-0.15, -0.1) is 11.6 Å². The average Bonchev–Trinajstić information content (AvgIpc) is 2.71. The summed E-state index contributed by atoms with van der Waals surface area (Å²) < 4.78 is 26.8. The van der Waals surface area contributed by atoms with Gasteiger partial charge in [-0.3, -0.25) is 0 Å². The lowest BCUT2D eigenvalue weighted by molar-refractivity contribution is 0.375. The van der Waals surface area contributed by atoms with E-state index >= 15 is 0 Å². The van der Waals surface area contributed by atoms with E-state index in [9.17, 15) is 8.42 Å². The third-order valence-electron chi connectivity index (χ3n) is 3.67. The van der Waals surface area contributed by atoms with Crippen LogP contribution in [0.25, 0.3) is 0 Å². The maximum absolute atomic E-state index is 12.6. The van der Waals surface area contributed by atoms with Gasteiger partial charge >= 0.3 is 0 Å². The number of sulfonamides is 1. The molecule has 0 saturated carbocycles. The average molecular weight is 288 g/mol. The van der Waals surface area contributed by atoms with Crippen LogP contribution in [-0.2, 0) is 10.0 Å². The molecule has 0 amide bonds. The first-order chi connectivity index (χ1) is 8.48. The second-order valence-corrected chi connectivity index (χ2v) is 7.04. The molecule has 0 spiro atoms. The number of alkyl halides is 1. The Morgan fingerprint density at radius 1 is 1.39 bits per heavy atom. The monoisotopic (exact) mass is 287 g/mol. The first-order valence-electron chi connectivity index (χ1n) is 6.12. The van der Waals surface area contributed by atoms with E-state index in [1.54, 1.807) is 16.4 Å². The third-order valence-corrected chi connectivity index (χ3v) is 6.07. The van der Waals surface area contributed by atoms with E-state index in [-0.39, 0.29) is 6.04 Å². The highest BCUT2D eigenvalue weighted by molar-refractivity contribution is 7.89. The van der Waals surface area contributed by atoms with Crippen LogP contribution in [0.15, 0.2) is 29.2 Å². The Labute approximate surface area is 114 Å². The van der Waals surface area contributed by atoms with Gasteiger partial charge in [0.15, 0.2) is 0 Å². The molecule has 100 valence electrons. The van der Waals surface area contributed by atoms with Crippen molar-refractivity contribution in [3.05, 3.63) is 29.8 Å². The minimum absolute atomic E-state index is 0.0868. The van der Waals surface area contributed by atoms with Crippen LogP contribution in [0, 0.1) is 12.8 Å². The minimum atomic E-state index is -3.41. The zero-order chi connectivity index (χ0) is 13.3. The number of nitrogens with zero attached hydrogens (tertiary/aromatic N) is 1. The lowest BCUT2D eigenvalue weighted by Crippen LogP contribution is -2.38. The fourth-order valence-electron chi connectivity index (χ4n) is 2.47. The van der Waals surface area contributed by atoms with Crippen molar-refractivity contribution in [2.45, 2.75) is 31.2 Å². The molecule has 2 atom stereocenters. The summed E-state index contributed by atoms with van der Waals surface area (Å²) in [5.74, 6) is 0.674. The van der Waals surface area contributed by atoms with Gasteiger partial charge in [0.05, 0.1) is 4.90 Å². The summed E-state index contributed by atoms with van der Waals surface area (Å²) in [6.45, 7) is 4.44. The van der Waals surface area contributed by atoms with Crippen LogP contribution in [0.2, 0.25) is 0 Å². The number of rotatable bonds is 3.